The number of benzene rings is 3. The average molecular weight is 485 g/mol. The molecule has 3 aromatic carbocycles. The number of carbonyl (C=O) groups is 2. The number of halogens is 3. The summed E-state index contributed by atoms with van der Waals surface area (Å²) >= 11 is 18.3. The van der Waals surface area contributed by atoms with Crippen molar-refractivity contribution in [1.82, 2.24) is 4.98 Å². The summed E-state index contributed by atoms with van der Waals surface area (Å²) in [5, 5.41) is 1.55. The second-order valence-corrected chi connectivity index (χ2v) is 8.43. The molecule has 0 atom stereocenters. The lowest BCUT2D eigenvalue weighted by molar-refractivity contribution is 0.0476. The molecule has 4 nitrogen and oxygen atoms in total. The fraction of sp³-hybridized carbons (Fsp3) is 0.0800. The Morgan fingerprint density at radius 3 is 2.34 bits per heavy atom. The average Bonchev–Trinajstić information content (AvgIpc) is 2.77. The van der Waals surface area contributed by atoms with Crippen molar-refractivity contribution in [3.63, 3.8) is 0 Å². The van der Waals surface area contributed by atoms with Crippen LogP contribution in [0.15, 0.2) is 66.7 Å². The summed E-state index contributed by atoms with van der Waals surface area (Å²) in [6.45, 7) is 1.52. The Bertz CT molecular complexity index is 1350. The molecular weight excluding hydrogens is 469 g/mol. The third-order valence-corrected chi connectivity index (χ3v) is 5.78. The Morgan fingerprint density at radius 1 is 0.875 bits per heavy atom. The molecule has 0 N–H and O–H groups in total. The van der Waals surface area contributed by atoms with Gasteiger partial charge in [-0.25, -0.2) is 9.78 Å². The maximum atomic E-state index is 13.0. The quantitative estimate of drug-likeness (QED) is 0.222. The lowest BCUT2D eigenvalue weighted by atomic mass is 10.0. The first kappa shape index (κ1) is 22.3. The number of ether oxygens (including phenoxy) is 1. The van der Waals surface area contributed by atoms with E-state index < -0.39 is 18.4 Å². The first-order chi connectivity index (χ1) is 15.3. The third kappa shape index (κ3) is 4.63. The summed E-state index contributed by atoms with van der Waals surface area (Å²) in [4.78, 5) is 30.1. The molecule has 4 aromatic rings. The Kier molecular flexibility index (Phi) is 6.47. The number of fused-ring (bicyclic) bond motifs is 1. The molecule has 32 heavy (non-hydrogen) atoms. The summed E-state index contributed by atoms with van der Waals surface area (Å²) in [5.74, 6) is -1.10. The number of aryl methyl sites for hydroxylation is 1. The Labute approximate surface area is 199 Å². The van der Waals surface area contributed by atoms with Gasteiger partial charge in [0.05, 0.1) is 26.8 Å². The van der Waals surface area contributed by atoms with E-state index in [2.05, 4.69) is 4.98 Å². The molecule has 4 rings (SSSR count). The summed E-state index contributed by atoms with van der Waals surface area (Å²) in [6.07, 6.45) is 0. The maximum Gasteiger partial charge on any atom is 0.339 e. The smallest absolute Gasteiger partial charge is 0.339 e. The van der Waals surface area contributed by atoms with Crippen molar-refractivity contribution in [2.24, 2.45) is 0 Å². The van der Waals surface area contributed by atoms with E-state index in [0.717, 1.165) is 11.1 Å². The number of ketones is 1. The van der Waals surface area contributed by atoms with Gasteiger partial charge >= 0.3 is 5.97 Å². The number of rotatable bonds is 5. The van der Waals surface area contributed by atoms with Gasteiger partial charge in [-0.15, -0.1) is 0 Å². The van der Waals surface area contributed by atoms with Gasteiger partial charge in [0, 0.05) is 21.5 Å². The fourth-order valence-corrected chi connectivity index (χ4v) is 3.99. The number of esters is 1. The van der Waals surface area contributed by atoms with E-state index in [-0.39, 0.29) is 16.1 Å². The molecule has 0 saturated heterocycles. The van der Waals surface area contributed by atoms with Crippen LogP contribution >= 0.6 is 34.8 Å². The normalized spacial score (nSPS) is 10.9. The van der Waals surface area contributed by atoms with Gasteiger partial charge in [0.2, 0.25) is 5.78 Å². The van der Waals surface area contributed by atoms with Crippen LogP contribution in [0.1, 0.15) is 26.3 Å². The number of Topliss-reactive ketones (excluding diaryl/α,β-unsaturated/α-hetero) is 1. The van der Waals surface area contributed by atoms with E-state index in [0.29, 0.717) is 26.6 Å². The van der Waals surface area contributed by atoms with E-state index >= 15 is 0 Å². The molecule has 0 spiro atoms. The Morgan fingerprint density at radius 2 is 1.62 bits per heavy atom. The van der Waals surface area contributed by atoms with Gasteiger partial charge < -0.3 is 4.74 Å². The zero-order valence-corrected chi connectivity index (χ0v) is 19.1. The van der Waals surface area contributed by atoms with E-state index in [1.807, 2.05) is 31.2 Å². The molecule has 0 aliphatic carbocycles. The minimum absolute atomic E-state index is 0.196. The van der Waals surface area contributed by atoms with Crippen molar-refractivity contribution < 1.29 is 14.3 Å². The number of para-hydroxylation sites is 1. The molecule has 0 radical (unpaired) electrons. The molecule has 0 saturated carbocycles. The predicted octanol–water partition coefficient (Wildman–Crippen LogP) is 7.21. The molecule has 0 aliphatic rings. The topological polar surface area (TPSA) is 56.3 Å². The first-order valence-corrected chi connectivity index (χ1v) is 10.8. The highest BCUT2D eigenvalue weighted by molar-refractivity contribution is 6.37. The van der Waals surface area contributed by atoms with Crippen LogP contribution in [-0.4, -0.2) is 23.3 Å². The molecule has 160 valence electrons. The molecule has 0 unspecified atom stereocenters. The van der Waals surface area contributed by atoms with Gasteiger partial charge in [0.25, 0.3) is 0 Å². The van der Waals surface area contributed by atoms with Gasteiger partial charge in [0.15, 0.2) is 6.61 Å². The van der Waals surface area contributed by atoms with Crippen LogP contribution in [-0.2, 0) is 4.74 Å². The highest BCUT2D eigenvalue weighted by atomic mass is 35.5. The van der Waals surface area contributed by atoms with Gasteiger partial charge in [-0.05, 0) is 37.3 Å². The largest absolute Gasteiger partial charge is 0.454 e. The number of aromatic nitrogens is 1. The second kappa shape index (κ2) is 9.29. The predicted molar refractivity (Wildman–Crippen MR) is 128 cm³/mol. The molecule has 0 bridgehead atoms. The molecule has 0 aliphatic heterocycles. The van der Waals surface area contributed by atoms with Crippen molar-refractivity contribution in [3.8, 4) is 11.3 Å². The fourth-order valence-electron chi connectivity index (χ4n) is 3.26. The maximum absolute atomic E-state index is 13.0. The van der Waals surface area contributed by atoms with Crippen molar-refractivity contribution in [3.05, 3.63) is 98.5 Å². The zero-order chi connectivity index (χ0) is 22.8. The summed E-state index contributed by atoms with van der Waals surface area (Å²) in [7, 11) is 0. The minimum Gasteiger partial charge on any atom is -0.454 e. The molecule has 1 heterocycles. The van der Waals surface area contributed by atoms with Crippen LogP contribution in [0.3, 0.4) is 0 Å². The van der Waals surface area contributed by atoms with Crippen LogP contribution in [0.5, 0.6) is 0 Å². The molecule has 7 heteroatoms. The monoisotopic (exact) mass is 483 g/mol. The minimum atomic E-state index is -0.661. The highest BCUT2D eigenvalue weighted by Crippen LogP contribution is 2.30. The molecule has 1 aromatic heterocycles. The second-order valence-electron chi connectivity index (χ2n) is 7.18. The van der Waals surface area contributed by atoms with Crippen molar-refractivity contribution in [2.75, 3.05) is 6.61 Å². The molecular formula is C25H16Cl3NO3. The van der Waals surface area contributed by atoms with Crippen LogP contribution < -0.4 is 0 Å². The van der Waals surface area contributed by atoms with Crippen molar-refractivity contribution >= 4 is 57.5 Å². The van der Waals surface area contributed by atoms with Crippen LogP contribution in [0.4, 0.5) is 0 Å². The van der Waals surface area contributed by atoms with E-state index in [1.54, 1.807) is 30.3 Å². The zero-order valence-electron chi connectivity index (χ0n) is 16.9. The van der Waals surface area contributed by atoms with Crippen molar-refractivity contribution in [1.29, 1.82) is 0 Å². The lowest BCUT2D eigenvalue weighted by Gasteiger charge is -2.11. The number of nitrogens with zero attached hydrogens (tertiary/aromatic N) is 1. The number of hydrogen-bond donors (Lipinski definition) is 0. The number of pyridine rings is 1. The summed E-state index contributed by atoms with van der Waals surface area (Å²) in [6, 6.07) is 19.1. The standard InChI is InChI=1S/C25H16Cl3NO3/c1-14-5-7-15(8-6-14)22-12-19(17-3-2-4-20(27)24(17)29-22)25(31)32-13-23(30)18-10-9-16(26)11-21(18)28/h2-12H,13H2,1H3. The summed E-state index contributed by atoms with van der Waals surface area (Å²) < 4.78 is 5.34. The Hall–Kier alpha value is -2.92. The van der Waals surface area contributed by atoms with Crippen LogP contribution in [0.25, 0.3) is 22.2 Å². The van der Waals surface area contributed by atoms with E-state index in [9.17, 15) is 9.59 Å². The van der Waals surface area contributed by atoms with Crippen molar-refractivity contribution in [2.45, 2.75) is 6.92 Å². The highest BCUT2D eigenvalue weighted by Gasteiger charge is 2.19. The lowest BCUT2D eigenvalue weighted by Crippen LogP contribution is -2.15. The van der Waals surface area contributed by atoms with E-state index in [4.69, 9.17) is 39.5 Å². The first-order valence-electron chi connectivity index (χ1n) is 9.65. The van der Waals surface area contributed by atoms with Crippen LogP contribution in [0, 0.1) is 6.92 Å². The molecule has 0 amide bonds. The van der Waals surface area contributed by atoms with Gasteiger partial charge in [-0.1, -0.05) is 76.8 Å². The SMILES string of the molecule is Cc1ccc(-c2cc(C(=O)OCC(=O)c3ccc(Cl)cc3Cl)c3cccc(Cl)c3n2)cc1. The van der Waals surface area contributed by atoms with Crippen LogP contribution in [0.2, 0.25) is 15.1 Å². The van der Waals surface area contributed by atoms with Gasteiger partial charge in [-0.3, -0.25) is 4.79 Å². The molecule has 0 fully saturated rings. The van der Waals surface area contributed by atoms with Gasteiger partial charge in [-0.2, -0.15) is 0 Å². The Balaban J connectivity index is 1.67. The van der Waals surface area contributed by atoms with E-state index in [1.165, 1.54) is 12.1 Å². The third-order valence-electron chi connectivity index (χ3n) is 4.92. The summed E-state index contributed by atoms with van der Waals surface area (Å²) in [5.41, 5.74) is 3.48. The van der Waals surface area contributed by atoms with Gasteiger partial charge in [0.1, 0.15) is 0 Å². The number of hydrogen-bond acceptors (Lipinski definition) is 4. The number of carbonyl (C=O) groups excluding carboxylic acids is 2.